The van der Waals surface area contributed by atoms with Crippen LogP contribution in [0.1, 0.15) is 15.9 Å². The maximum Gasteiger partial charge on any atom is 0.339 e. The van der Waals surface area contributed by atoms with Crippen LogP contribution in [0.5, 0.6) is 5.75 Å². The van der Waals surface area contributed by atoms with Crippen LogP contribution >= 0.6 is 0 Å². The molecule has 4 aromatic rings. The summed E-state index contributed by atoms with van der Waals surface area (Å²) >= 11 is 0. The van der Waals surface area contributed by atoms with Gasteiger partial charge in [0.05, 0.1) is 10.6 Å². The van der Waals surface area contributed by atoms with Crippen molar-refractivity contribution in [2.24, 2.45) is 0 Å². The van der Waals surface area contributed by atoms with E-state index in [9.17, 15) is 19.2 Å². The number of aromatic hydroxyl groups is 1. The summed E-state index contributed by atoms with van der Waals surface area (Å²) in [5.41, 5.74) is 1.53. The number of nitrogens with one attached hydrogen (secondary N) is 1. The standard InChI is InChI=1S/C22H17NO4S/c1-13-9-10-15-14(11-13)5-4-8-19(15)23-28(27)20-12-18(22(25)26)21(24)17-7-3-2-6-16(17)20/h2-12,23-24H,1H3,(H,25,26). The molecule has 5 nitrogen and oxygen atoms in total. The Balaban J connectivity index is 1.84. The number of carbonyl (C=O) groups is 1. The van der Waals surface area contributed by atoms with Crippen molar-refractivity contribution in [3.8, 4) is 5.75 Å². The maximum atomic E-state index is 13.2. The van der Waals surface area contributed by atoms with E-state index in [0.717, 1.165) is 16.3 Å². The number of hydrogen-bond donors (Lipinski definition) is 3. The van der Waals surface area contributed by atoms with E-state index in [1.165, 1.54) is 6.07 Å². The molecule has 0 fully saturated rings. The minimum Gasteiger partial charge on any atom is -0.506 e. The number of fused-ring (bicyclic) bond motifs is 2. The molecule has 4 aromatic carbocycles. The van der Waals surface area contributed by atoms with Gasteiger partial charge < -0.3 is 14.9 Å². The number of carboxylic acids is 1. The first-order chi connectivity index (χ1) is 13.5. The summed E-state index contributed by atoms with van der Waals surface area (Å²) in [5, 5.41) is 22.5. The monoisotopic (exact) mass is 391 g/mol. The lowest BCUT2D eigenvalue weighted by Gasteiger charge is -2.13. The highest BCUT2D eigenvalue weighted by atomic mass is 32.2. The second-order valence-corrected chi connectivity index (χ2v) is 7.70. The summed E-state index contributed by atoms with van der Waals surface area (Å²) in [4.78, 5) is 11.8. The molecular formula is C22H17NO4S. The summed E-state index contributed by atoms with van der Waals surface area (Å²) < 4.78 is 16.1. The number of benzene rings is 4. The minimum absolute atomic E-state index is 0.280. The molecule has 0 spiro atoms. The maximum absolute atomic E-state index is 13.2. The van der Waals surface area contributed by atoms with Crippen LogP contribution in [-0.2, 0) is 11.0 Å². The molecule has 0 aliphatic carbocycles. The summed E-state index contributed by atoms with van der Waals surface area (Å²) in [6.07, 6.45) is 0. The first-order valence-electron chi connectivity index (χ1n) is 8.61. The van der Waals surface area contributed by atoms with Gasteiger partial charge in [-0.25, -0.2) is 9.00 Å². The van der Waals surface area contributed by atoms with E-state index in [1.54, 1.807) is 24.3 Å². The van der Waals surface area contributed by atoms with E-state index < -0.39 is 17.0 Å². The van der Waals surface area contributed by atoms with Gasteiger partial charge in [0.1, 0.15) is 11.3 Å². The Morgan fingerprint density at radius 1 is 0.929 bits per heavy atom. The fraction of sp³-hybridized carbons (Fsp3) is 0.0455. The zero-order valence-corrected chi connectivity index (χ0v) is 15.8. The largest absolute Gasteiger partial charge is 0.506 e. The normalized spacial score (nSPS) is 12.2. The summed E-state index contributed by atoms with van der Waals surface area (Å²) in [7, 11) is -1.73. The number of aromatic carboxylic acids is 1. The van der Waals surface area contributed by atoms with Gasteiger partial charge in [0.25, 0.3) is 0 Å². The lowest BCUT2D eigenvalue weighted by molar-refractivity contribution is 0.0694. The van der Waals surface area contributed by atoms with Crippen LogP contribution < -0.4 is 4.72 Å². The predicted octanol–water partition coefficient (Wildman–Crippen LogP) is 4.84. The van der Waals surface area contributed by atoms with Crippen LogP contribution in [0, 0.1) is 6.92 Å². The Bertz CT molecular complexity index is 1270. The van der Waals surface area contributed by atoms with E-state index in [4.69, 9.17) is 0 Å². The third-order valence-electron chi connectivity index (χ3n) is 4.65. The van der Waals surface area contributed by atoms with Gasteiger partial charge >= 0.3 is 5.97 Å². The highest BCUT2D eigenvalue weighted by molar-refractivity contribution is 7.86. The first-order valence-corrected chi connectivity index (χ1v) is 9.76. The van der Waals surface area contributed by atoms with Gasteiger partial charge in [0, 0.05) is 16.2 Å². The molecule has 0 aliphatic heterocycles. The molecule has 1 atom stereocenters. The molecular weight excluding hydrogens is 374 g/mol. The molecule has 28 heavy (non-hydrogen) atoms. The smallest absolute Gasteiger partial charge is 0.339 e. The van der Waals surface area contributed by atoms with Gasteiger partial charge in [-0.05, 0) is 24.4 Å². The van der Waals surface area contributed by atoms with Crippen molar-refractivity contribution in [3.63, 3.8) is 0 Å². The van der Waals surface area contributed by atoms with Gasteiger partial charge in [0.2, 0.25) is 0 Å². The Labute approximate surface area is 163 Å². The molecule has 4 rings (SSSR count). The van der Waals surface area contributed by atoms with Crippen LogP contribution in [-0.4, -0.2) is 20.4 Å². The Hall–Kier alpha value is -3.38. The van der Waals surface area contributed by atoms with E-state index in [0.29, 0.717) is 21.4 Å². The lowest BCUT2D eigenvalue weighted by atomic mass is 10.1. The van der Waals surface area contributed by atoms with Gasteiger partial charge in [-0.1, -0.05) is 60.2 Å². The van der Waals surface area contributed by atoms with Crippen molar-refractivity contribution in [2.45, 2.75) is 11.8 Å². The molecule has 0 heterocycles. The van der Waals surface area contributed by atoms with Crippen LogP contribution in [0.15, 0.2) is 71.6 Å². The van der Waals surface area contributed by atoms with E-state index in [1.807, 2.05) is 43.3 Å². The third-order valence-corrected chi connectivity index (χ3v) is 5.79. The van der Waals surface area contributed by atoms with Crippen molar-refractivity contribution >= 4 is 44.2 Å². The van der Waals surface area contributed by atoms with E-state index in [2.05, 4.69) is 4.72 Å². The Kier molecular flexibility index (Phi) is 4.49. The molecule has 0 aromatic heterocycles. The molecule has 0 aliphatic rings. The zero-order chi connectivity index (χ0) is 19.8. The number of aryl methyl sites for hydroxylation is 1. The first kappa shape index (κ1) is 18.0. The van der Waals surface area contributed by atoms with E-state index in [-0.39, 0.29) is 11.3 Å². The van der Waals surface area contributed by atoms with Crippen molar-refractivity contribution < 1.29 is 19.2 Å². The molecule has 140 valence electrons. The number of anilines is 1. The number of carboxylic acid groups (broad SMARTS) is 1. The van der Waals surface area contributed by atoms with Crippen LogP contribution in [0.25, 0.3) is 21.5 Å². The lowest BCUT2D eigenvalue weighted by Crippen LogP contribution is -2.08. The van der Waals surface area contributed by atoms with Gasteiger partial charge in [-0.15, -0.1) is 0 Å². The fourth-order valence-electron chi connectivity index (χ4n) is 3.29. The molecule has 6 heteroatoms. The van der Waals surface area contributed by atoms with E-state index >= 15 is 0 Å². The Morgan fingerprint density at radius 3 is 2.43 bits per heavy atom. The average Bonchev–Trinajstić information content (AvgIpc) is 2.68. The van der Waals surface area contributed by atoms with Crippen LogP contribution in [0.3, 0.4) is 0 Å². The molecule has 0 radical (unpaired) electrons. The highest BCUT2D eigenvalue weighted by Gasteiger charge is 2.19. The molecule has 0 saturated heterocycles. The van der Waals surface area contributed by atoms with Crippen molar-refractivity contribution in [3.05, 3.63) is 77.9 Å². The second-order valence-electron chi connectivity index (χ2n) is 6.52. The molecule has 3 N–H and O–H groups in total. The molecule has 0 saturated carbocycles. The Morgan fingerprint density at radius 2 is 1.68 bits per heavy atom. The molecule has 0 bridgehead atoms. The van der Waals surface area contributed by atoms with Crippen molar-refractivity contribution in [1.82, 2.24) is 0 Å². The number of rotatable bonds is 4. The van der Waals surface area contributed by atoms with Gasteiger partial charge in [-0.3, -0.25) is 0 Å². The average molecular weight is 391 g/mol. The zero-order valence-electron chi connectivity index (χ0n) is 15.0. The van der Waals surface area contributed by atoms with Crippen molar-refractivity contribution in [1.29, 1.82) is 0 Å². The number of hydrogen-bond acceptors (Lipinski definition) is 3. The van der Waals surface area contributed by atoms with Gasteiger partial charge in [0.15, 0.2) is 11.0 Å². The molecule has 1 unspecified atom stereocenters. The summed E-state index contributed by atoms with van der Waals surface area (Å²) in [5.74, 6) is -1.60. The quantitative estimate of drug-likeness (QED) is 0.465. The summed E-state index contributed by atoms with van der Waals surface area (Å²) in [6.45, 7) is 2.01. The highest BCUT2D eigenvalue weighted by Crippen LogP contribution is 2.34. The van der Waals surface area contributed by atoms with Crippen LogP contribution in [0.4, 0.5) is 5.69 Å². The molecule has 0 amide bonds. The SMILES string of the molecule is Cc1ccc2c(NS(=O)c3cc(C(=O)O)c(O)c4ccccc34)cccc2c1. The fourth-order valence-corrected chi connectivity index (χ4v) is 4.38. The van der Waals surface area contributed by atoms with Crippen LogP contribution in [0.2, 0.25) is 0 Å². The van der Waals surface area contributed by atoms with Crippen molar-refractivity contribution in [2.75, 3.05) is 4.72 Å². The van der Waals surface area contributed by atoms with Gasteiger partial charge in [-0.2, -0.15) is 0 Å². The third kappa shape index (κ3) is 3.08. The predicted molar refractivity (Wildman–Crippen MR) is 111 cm³/mol. The topological polar surface area (TPSA) is 86.6 Å². The summed E-state index contributed by atoms with van der Waals surface area (Å²) in [6, 6.07) is 19.7. The second kappa shape index (κ2) is 6.98. The number of phenols is 1. The minimum atomic E-state index is -1.73.